The molecule has 0 aliphatic heterocycles. The quantitative estimate of drug-likeness (QED) is 0.809. The molecule has 0 spiro atoms. The van der Waals surface area contributed by atoms with Crippen LogP contribution in [0.4, 0.5) is 0 Å². The molecule has 2 aromatic rings. The minimum atomic E-state index is -0.358. The Kier molecular flexibility index (Phi) is 5.66. The molecule has 0 radical (unpaired) electrons. The zero-order valence-corrected chi connectivity index (χ0v) is 13.2. The molecule has 5 heteroatoms. The zero-order valence-electron chi connectivity index (χ0n) is 11.7. The van der Waals surface area contributed by atoms with Gasteiger partial charge in [-0.1, -0.05) is 25.4 Å². The van der Waals surface area contributed by atoms with E-state index in [0.29, 0.717) is 12.5 Å². The van der Waals surface area contributed by atoms with Crippen LogP contribution in [0.5, 0.6) is 0 Å². The zero-order chi connectivity index (χ0) is 14.5. The summed E-state index contributed by atoms with van der Waals surface area (Å²) in [6, 6.07) is 7.60. The number of halogens is 1. The van der Waals surface area contributed by atoms with Gasteiger partial charge in [0.2, 0.25) is 0 Å². The van der Waals surface area contributed by atoms with Crippen molar-refractivity contribution in [1.82, 2.24) is 5.32 Å². The Balaban J connectivity index is 2.05. The highest BCUT2D eigenvalue weighted by molar-refractivity contribution is 7.16. The van der Waals surface area contributed by atoms with Gasteiger partial charge in [0.15, 0.2) is 0 Å². The van der Waals surface area contributed by atoms with Crippen LogP contribution in [0.1, 0.15) is 36.9 Å². The van der Waals surface area contributed by atoms with Gasteiger partial charge in [0.1, 0.15) is 11.8 Å². The Morgan fingerprint density at radius 3 is 2.70 bits per heavy atom. The summed E-state index contributed by atoms with van der Waals surface area (Å²) < 4.78 is 6.24. The lowest BCUT2D eigenvalue weighted by Crippen LogP contribution is -2.31. The fourth-order valence-corrected chi connectivity index (χ4v) is 3.31. The summed E-state index contributed by atoms with van der Waals surface area (Å²) in [7, 11) is 0. The van der Waals surface area contributed by atoms with Gasteiger partial charge in [-0.25, -0.2) is 0 Å². The average molecular weight is 314 g/mol. The van der Waals surface area contributed by atoms with Gasteiger partial charge in [-0.05, 0) is 36.6 Å². The Morgan fingerprint density at radius 2 is 2.15 bits per heavy atom. The van der Waals surface area contributed by atoms with Crippen LogP contribution in [0, 0.1) is 5.92 Å². The van der Waals surface area contributed by atoms with Crippen molar-refractivity contribution in [1.29, 1.82) is 0 Å². The molecule has 0 aliphatic carbocycles. The molecule has 110 valence electrons. The maximum Gasteiger partial charge on any atom is 0.126 e. The van der Waals surface area contributed by atoms with E-state index >= 15 is 0 Å². The molecule has 20 heavy (non-hydrogen) atoms. The van der Waals surface area contributed by atoms with Crippen LogP contribution in [0.3, 0.4) is 0 Å². The number of furan rings is 1. The van der Waals surface area contributed by atoms with Crippen molar-refractivity contribution >= 4 is 22.9 Å². The average Bonchev–Trinajstić information content (AvgIpc) is 3.01. The Labute approximate surface area is 128 Å². The van der Waals surface area contributed by atoms with Crippen molar-refractivity contribution in [3.05, 3.63) is 45.5 Å². The summed E-state index contributed by atoms with van der Waals surface area (Å²) in [6.07, 6.45) is 2.08. The Morgan fingerprint density at radius 1 is 1.35 bits per heavy atom. The number of hydrogen-bond donors (Lipinski definition) is 2. The van der Waals surface area contributed by atoms with Crippen molar-refractivity contribution in [2.75, 3.05) is 6.54 Å². The van der Waals surface area contributed by atoms with E-state index in [0.717, 1.165) is 21.4 Å². The number of rotatable bonds is 7. The summed E-state index contributed by atoms with van der Waals surface area (Å²) in [4.78, 5) is 1.08. The maximum atomic E-state index is 10.0. The minimum absolute atomic E-state index is 0.0655. The van der Waals surface area contributed by atoms with Gasteiger partial charge >= 0.3 is 0 Å². The third-order valence-corrected chi connectivity index (χ3v) is 4.30. The van der Waals surface area contributed by atoms with E-state index in [4.69, 9.17) is 16.0 Å². The monoisotopic (exact) mass is 313 g/mol. The summed E-state index contributed by atoms with van der Waals surface area (Å²) >= 11 is 7.53. The van der Waals surface area contributed by atoms with E-state index in [1.165, 1.54) is 11.3 Å². The van der Waals surface area contributed by atoms with E-state index in [9.17, 15) is 5.11 Å². The molecule has 0 saturated heterocycles. The molecule has 0 bridgehead atoms. The van der Waals surface area contributed by atoms with Gasteiger partial charge in [0.05, 0.1) is 16.7 Å². The highest BCUT2D eigenvalue weighted by atomic mass is 35.5. The molecule has 0 saturated carbocycles. The van der Waals surface area contributed by atoms with Gasteiger partial charge in [-0.15, -0.1) is 11.3 Å². The van der Waals surface area contributed by atoms with Gasteiger partial charge in [0, 0.05) is 11.4 Å². The van der Waals surface area contributed by atoms with Gasteiger partial charge in [-0.2, -0.15) is 0 Å². The number of aliphatic hydroxyl groups is 1. The fraction of sp³-hybridized carbons (Fsp3) is 0.467. The summed E-state index contributed by atoms with van der Waals surface area (Å²) in [5.41, 5.74) is 0. The number of nitrogens with one attached hydrogen (secondary N) is 1. The van der Waals surface area contributed by atoms with Crippen LogP contribution in [-0.2, 0) is 0 Å². The van der Waals surface area contributed by atoms with Crippen molar-refractivity contribution in [3.63, 3.8) is 0 Å². The van der Waals surface area contributed by atoms with E-state index in [2.05, 4.69) is 19.2 Å². The van der Waals surface area contributed by atoms with E-state index in [1.807, 2.05) is 24.3 Å². The SMILES string of the molecule is CC(C)CC(O)CNC(c1ccco1)c1ccc(Cl)s1. The molecule has 2 heterocycles. The highest BCUT2D eigenvalue weighted by Crippen LogP contribution is 2.31. The summed E-state index contributed by atoms with van der Waals surface area (Å²) in [6.45, 7) is 4.73. The lowest BCUT2D eigenvalue weighted by Gasteiger charge is -2.19. The number of hydrogen-bond acceptors (Lipinski definition) is 4. The smallest absolute Gasteiger partial charge is 0.126 e. The first-order valence-electron chi connectivity index (χ1n) is 6.76. The van der Waals surface area contributed by atoms with Crippen LogP contribution < -0.4 is 5.32 Å². The van der Waals surface area contributed by atoms with Crippen molar-refractivity contribution in [2.24, 2.45) is 5.92 Å². The second kappa shape index (κ2) is 7.27. The standard InChI is InChI=1S/C15H20ClNO2S/c1-10(2)8-11(18)9-17-15(12-4-3-7-19-12)13-5-6-14(16)20-13/h3-7,10-11,15,17-18H,8-9H2,1-2H3. The van der Waals surface area contributed by atoms with Gasteiger partial charge in [-0.3, -0.25) is 0 Å². The fourth-order valence-electron chi connectivity index (χ4n) is 2.16. The Bertz CT molecular complexity index is 510. The predicted octanol–water partition coefficient (Wildman–Crippen LogP) is 4.08. The highest BCUT2D eigenvalue weighted by Gasteiger charge is 2.20. The van der Waals surface area contributed by atoms with Crippen LogP contribution >= 0.6 is 22.9 Å². The molecule has 2 N–H and O–H groups in total. The van der Waals surface area contributed by atoms with Crippen LogP contribution in [-0.4, -0.2) is 17.8 Å². The lowest BCUT2D eigenvalue weighted by molar-refractivity contribution is 0.143. The third-order valence-electron chi connectivity index (χ3n) is 3.01. The first-order chi connectivity index (χ1) is 9.56. The van der Waals surface area contributed by atoms with Crippen molar-refractivity contribution in [2.45, 2.75) is 32.4 Å². The van der Waals surface area contributed by atoms with E-state index < -0.39 is 0 Å². The minimum Gasteiger partial charge on any atom is -0.467 e. The predicted molar refractivity (Wildman–Crippen MR) is 83.3 cm³/mol. The van der Waals surface area contributed by atoms with Gasteiger partial charge in [0.25, 0.3) is 0 Å². The largest absolute Gasteiger partial charge is 0.467 e. The van der Waals surface area contributed by atoms with E-state index in [1.54, 1.807) is 6.26 Å². The first-order valence-corrected chi connectivity index (χ1v) is 7.95. The summed E-state index contributed by atoms with van der Waals surface area (Å²) in [5.74, 6) is 1.31. The maximum absolute atomic E-state index is 10.0. The number of thiophene rings is 1. The molecule has 0 aromatic carbocycles. The molecule has 2 aromatic heterocycles. The Hall–Kier alpha value is -0.810. The topological polar surface area (TPSA) is 45.4 Å². The van der Waals surface area contributed by atoms with E-state index in [-0.39, 0.29) is 12.1 Å². The van der Waals surface area contributed by atoms with Gasteiger partial charge < -0.3 is 14.8 Å². The molecule has 0 amide bonds. The van der Waals surface area contributed by atoms with Crippen molar-refractivity contribution < 1.29 is 9.52 Å². The first kappa shape index (κ1) is 15.6. The van der Waals surface area contributed by atoms with Crippen LogP contribution in [0.2, 0.25) is 4.34 Å². The molecule has 2 rings (SSSR count). The van der Waals surface area contributed by atoms with Crippen LogP contribution in [0.25, 0.3) is 0 Å². The molecule has 2 atom stereocenters. The molecular formula is C15H20ClNO2S. The van der Waals surface area contributed by atoms with Crippen molar-refractivity contribution in [3.8, 4) is 0 Å². The third kappa shape index (κ3) is 4.35. The molecule has 3 nitrogen and oxygen atoms in total. The second-order valence-corrected chi connectivity index (χ2v) is 7.03. The molecule has 2 unspecified atom stereocenters. The normalized spacial score (nSPS) is 14.7. The molecule has 0 fully saturated rings. The second-order valence-electron chi connectivity index (χ2n) is 5.28. The molecule has 0 aliphatic rings. The number of aliphatic hydroxyl groups excluding tert-OH is 1. The molecular weight excluding hydrogens is 294 g/mol. The lowest BCUT2D eigenvalue weighted by atomic mass is 10.1. The van der Waals surface area contributed by atoms with Crippen LogP contribution in [0.15, 0.2) is 34.9 Å². The summed E-state index contributed by atoms with van der Waals surface area (Å²) in [5, 5.41) is 13.4.